The van der Waals surface area contributed by atoms with Gasteiger partial charge in [0.15, 0.2) is 0 Å². The monoisotopic (exact) mass is 551 g/mol. The van der Waals surface area contributed by atoms with Gasteiger partial charge in [-0.05, 0) is 40.2 Å². The molecule has 0 spiro atoms. The summed E-state index contributed by atoms with van der Waals surface area (Å²) in [5.41, 5.74) is 2.19. The Hall–Kier alpha value is -2.36. The van der Waals surface area contributed by atoms with Crippen LogP contribution in [0.25, 0.3) is 11.3 Å². The molecule has 1 heterocycles. The first kappa shape index (κ1) is 22.3. The van der Waals surface area contributed by atoms with E-state index in [4.69, 9.17) is 9.47 Å². The summed E-state index contributed by atoms with van der Waals surface area (Å²) >= 11 is 8.23. The van der Waals surface area contributed by atoms with E-state index in [1.165, 1.54) is 11.3 Å². The fourth-order valence-corrected chi connectivity index (χ4v) is 4.76. The Morgan fingerprint density at radius 3 is 2.70 bits per heavy atom. The van der Waals surface area contributed by atoms with Gasteiger partial charge in [-0.2, -0.15) is 5.10 Å². The van der Waals surface area contributed by atoms with Crippen LogP contribution in [0.3, 0.4) is 0 Å². The molecule has 0 bridgehead atoms. The number of rotatable bonds is 7. The smallest absolute Gasteiger partial charge is 0.206 e. The number of phenols is 1. The molecular formula is C21H19Br2N3O3S. The summed E-state index contributed by atoms with van der Waals surface area (Å²) in [6, 6.07) is 9.14. The highest BCUT2D eigenvalue weighted by Crippen LogP contribution is 2.34. The predicted octanol–water partition coefficient (Wildman–Crippen LogP) is 5.43. The molecule has 3 aromatic rings. The fourth-order valence-electron chi connectivity index (χ4n) is 2.66. The van der Waals surface area contributed by atoms with Crippen LogP contribution in [0.1, 0.15) is 5.56 Å². The number of hydrogen-bond acceptors (Lipinski definition) is 6. The van der Waals surface area contributed by atoms with Gasteiger partial charge in [0.25, 0.3) is 0 Å². The van der Waals surface area contributed by atoms with Crippen LogP contribution in [-0.2, 0) is 0 Å². The molecule has 1 N–H and O–H groups in total. The maximum absolute atomic E-state index is 10.4. The largest absolute Gasteiger partial charge is 0.506 e. The zero-order valence-corrected chi connectivity index (χ0v) is 20.3. The van der Waals surface area contributed by atoms with Crippen molar-refractivity contribution in [3.8, 4) is 28.5 Å². The van der Waals surface area contributed by atoms with Crippen molar-refractivity contribution < 1.29 is 14.6 Å². The van der Waals surface area contributed by atoms with Gasteiger partial charge in [0, 0.05) is 27.0 Å². The van der Waals surface area contributed by atoms with E-state index in [2.05, 4.69) is 48.5 Å². The molecule has 0 amide bonds. The van der Waals surface area contributed by atoms with Crippen molar-refractivity contribution in [3.63, 3.8) is 0 Å². The van der Waals surface area contributed by atoms with Crippen LogP contribution >= 0.6 is 43.2 Å². The highest BCUT2D eigenvalue weighted by Gasteiger charge is 2.14. The minimum atomic E-state index is 0.103. The Balaban J connectivity index is 2.17. The second kappa shape index (κ2) is 10.1. The van der Waals surface area contributed by atoms with Crippen molar-refractivity contribution in [3.05, 3.63) is 67.7 Å². The molecule has 0 atom stereocenters. The second-order valence-electron chi connectivity index (χ2n) is 5.98. The Labute approximate surface area is 195 Å². The first-order valence-corrected chi connectivity index (χ1v) is 11.2. The molecule has 0 aliphatic heterocycles. The van der Waals surface area contributed by atoms with Crippen molar-refractivity contribution >= 4 is 49.4 Å². The molecule has 9 heteroatoms. The van der Waals surface area contributed by atoms with Gasteiger partial charge in [0.05, 0.1) is 37.1 Å². The molecule has 6 nitrogen and oxygen atoms in total. The van der Waals surface area contributed by atoms with E-state index < -0.39 is 0 Å². The van der Waals surface area contributed by atoms with Crippen LogP contribution in [0.4, 0.5) is 0 Å². The number of phenolic OH excluding ortho intramolecular Hbond substituents is 1. The summed E-state index contributed by atoms with van der Waals surface area (Å²) in [7, 11) is 3.22. The number of methoxy groups -OCH3 is 2. The Morgan fingerprint density at radius 2 is 2.00 bits per heavy atom. The van der Waals surface area contributed by atoms with Crippen molar-refractivity contribution in [1.29, 1.82) is 0 Å². The number of halogens is 2. The minimum absolute atomic E-state index is 0.103. The number of thiazole rings is 1. The van der Waals surface area contributed by atoms with Gasteiger partial charge >= 0.3 is 0 Å². The average molecular weight is 553 g/mol. The first-order valence-electron chi connectivity index (χ1n) is 8.75. The fraction of sp³-hybridized carbons (Fsp3) is 0.143. The Bertz CT molecular complexity index is 1170. The van der Waals surface area contributed by atoms with Gasteiger partial charge in [-0.3, -0.25) is 4.99 Å². The van der Waals surface area contributed by atoms with E-state index in [1.807, 2.05) is 23.6 Å². The number of hydrogen-bond donors (Lipinski definition) is 1. The number of aromatic nitrogens is 1. The molecular weight excluding hydrogens is 534 g/mol. The zero-order chi connectivity index (χ0) is 21.7. The van der Waals surface area contributed by atoms with E-state index in [9.17, 15) is 5.11 Å². The van der Waals surface area contributed by atoms with E-state index in [-0.39, 0.29) is 5.75 Å². The Morgan fingerprint density at radius 1 is 1.20 bits per heavy atom. The maximum Gasteiger partial charge on any atom is 0.206 e. The van der Waals surface area contributed by atoms with E-state index >= 15 is 0 Å². The van der Waals surface area contributed by atoms with Crippen LogP contribution < -0.4 is 14.3 Å². The van der Waals surface area contributed by atoms with Gasteiger partial charge in [-0.15, -0.1) is 17.9 Å². The second-order valence-corrected chi connectivity index (χ2v) is 8.59. The maximum atomic E-state index is 10.4. The number of nitrogens with zero attached hydrogens (tertiary/aromatic N) is 3. The molecule has 0 saturated carbocycles. The lowest BCUT2D eigenvalue weighted by Crippen LogP contribution is -2.12. The SMILES string of the molecule is C=CCN=c1scc(-c2ccc(OC)cc2OC)n1N=Cc1cc(Br)cc(Br)c1O. The minimum Gasteiger partial charge on any atom is -0.506 e. The highest BCUT2D eigenvalue weighted by atomic mass is 79.9. The van der Waals surface area contributed by atoms with Gasteiger partial charge in [-0.25, -0.2) is 4.68 Å². The van der Waals surface area contributed by atoms with Gasteiger partial charge in [-0.1, -0.05) is 22.0 Å². The molecule has 0 fully saturated rings. The van der Waals surface area contributed by atoms with Crippen molar-refractivity contribution in [2.75, 3.05) is 20.8 Å². The van der Waals surface area contributed by atoms with E-state index in [0.717, 1.165) is 15.7 Å². The number of benzene rings is 2. The van der Waals surface area contributed by atoms with Crippen molar-refractivity contribution in [2.45, 2.75) is 0 Å². The van der Waals surface area contributed by atoms with Gasteiger partial charge in [0.2, 0.25) is 4.80 Å². The number of aromatic hydroxyl groups is 1. The molecule has 0 radical (unpaired) electrons. The van der Waals surface area contributed by atoms with Crippen LogP contribution in [0, 0.1) is 0 Å². The molecule has 0 saturated heterocycles. The summed E-state index contributed by atoms with van der Waals surface area (Å²) < 4.78 is 14.0. The van der Waals surface area contributed by atoms with Crippen molar-refractivity contribution in [1.82, 2.24) is 4.68 Å². The summed E-state index contributed by atoms with van der Waals surface area (Å²) in [6.45, 7) is 4.19. The van der Waals surface area contributed by atoms with Crippen LogP contribution in [0.5, 0.6) is 17.2 Å². The first-order chi connectivity index (χ1) is 14.5. The lowest BCUT2D eigenvalue weighted by atomic mass is 10.1. The quantitative estimate of drug-likeness (QED) is 0.314. The van der Waals surface area contributed by atoms with Gasteiger partial charge < -0.3 is 14.6 Å². The molecule has 0 aliphatic rings. The molecule has 3 rings (SSSR count). The topological polar surface area (TPSA) is 68.3 Å². The third-order valence-corrected chi connectivity index (χ3v) is 6.01. The molecule has 30 heavy (non-hydrogen) atoms. The average Bonchev–Trinajstić information content (AvgIpc) is 3.15. The van der Waals surface area contributed by atoms with E-state index in [1.54, 1.807) is 43.3 Å². The normalized spacial score (nSPS) is 11.8. The summed E-state index contributed by atoms with van der Waals surface area (Å²) in [5.74, 6) is 1.45. The number of ether oxygens (including phenoxy) is 2. The molecule has 1 aromatic heterocycles. The lowest BCUT2D eigenvalue weighted by molar-refractivity contribution is 0.395. The van der Waals surface area contributed by atoms with Crippen LogP contribution in [0.15, 0.2) is 67.4 Å². The molecule has 0 unspecified atom stereocenters. The Kier molecular flexibility index (Phi) is 7.52. The lowest BCUT2D eigenvalue weighted by Gasteiger charge is -2.11. The van der Waals surface area contributed by atoms with Crippen LogP contribution in [-0.4, -0.2) is 36.8 Å². The summed E-state index contributed by atoms with van der Waals surface area (Å²) in [4.78, 5) is 5.22. The predicted molar refractivity (Wildman–Crippen MR) is 128 cm³/mol. The van der Waals surface area contributed by atoms with Crippen molar-refractivity contribution in [2.24, 2.45) is 10.1 Å². The molecule has 2 aromatic carbocycles. The summed E-state index contributed by atoms with van der Waals surface area (Å²) in [6.07, 6.45) is 3.31. The summed E-state index contributed by atoms with van der Waals surface area (Å²) in [5, 5.41) is 16.9. The highest BCUT2D eigenvalue weighted by molar-refractivity contribution is 9.11. The van der Waals surface area contributed by atoms with Gasteiger partial charge in [0.1, 0.15) is 17.2 Å². The van der Waals surface area contributed by atoms with Crippen LogP contribution in [0.2, 0.25) is 0 Å². The van der Waals surface area contributed by atoms with E-state index in [0.29, 0.717) is 32.9 Å². The zero-order valence-electron chi connectivity index (χ0n) is 16.3. The third kappa shape index (κ3) is 4.85. The standard InChI is InChI=1S/C21H19Br2N3O3S/c1-4-7-24-21-26(25-11-13-8-14(22)9-17(23)20(13)27)18(12-30-21)16-6-5-15(28-2)10-19(16)29-3/h4-6,8-12,27H,1,7H2,2-3H3. The molecule has 0 aliphatic carbocycles. The molecule has 156 valence electrons. The third-order valence-electron chi connectivity index (χ3n) is 4.10.